The molecule has 1 spiro atoms. The lowest BCUT2D eigenvalue weighted by Gasteiger charge is -2.67. The van der Waals surface area contributed by atoms with Gasteiger partial charge in [-0.05, 0) is 85.9 Å². The lowest BCUT2D eigenvalue weighted by Crippen LogP contribution is -2.62. The van der Waals surface area contributed by atoms with Crippen molar-refractivity contribution in [1.29, 1.82) is 0 Å². The lowest BCUT2D eigenvalue weighted by molar-refractivity contribution is -0.212. The molecule has 4 heteroatoms. The zero-order chi connectivity index (χ0) is 21.8. The molecule has 0 aromatic rings. The average Bonchev–Trinajstić information content (AvgIpc) is 3.13. The number of aliphatic hydroxyl groups is 2. The molecule has 8 atom stereocenters. The second kappa shape index (κ2) is 7.76. The van der Waals surface area contributed by atoms with E-state index >= 15 is 0 Å². The van der Waals surface area contributed by atoms with Crippen LogP contribution in [0.4, 0.5) is 0 Å². The molecule has 2 N–H and O–H groups in total. The normalized spacial score (nSPS) is 48.5. The second-order valence-electron chi connectivity index (χ2n) is 12.2. The standard InChI is InChI=1S/C26H44O4/c1-5-18(2)13-22(28)30-17-23(3)10-6-11-24(4)21(23)8-7-19-15-26(29,16-27)20-9-12-25(19,24)14-20/h18-21,27,29H,5-17H2,1-4H3. The summed E-state index contributed by atoms with van der Waals surface area (Å²) in [4.78, 5) is 12.4. The third-order valence-electron chi connectivity index (χ3n) is 10.7. The maximum Gasteiger partial charge on any atom is 0.306 e. The zero-order valence-electron chi connectivity index (χ0n) is 19.7. The Morgan fingerprint density at radius 3 is 2.57 bits per heavy atom. The van der Waals surface area contributed by atoms with Crippen LogP contribution in [0, 0.1) is 39.9 Å². The van der Waals surface area contributed by atoms with E-state index in [4.69, 9.17) is 4.74 Å². The highest BCUT2D eigenvalue weighted by molar-refractivity contribution is 5.69. The van der Waals surface area contributed by atoms with Gasteiger partial charge in [-0.3, -0.25) is 4.79 Å². The SMILES string of the molecule is CCC(C)CC(=O)OCC1(C)CCCC2(C)C1CCC1CC(O)(CO)C3CCC12C3. The number of carbonyl (C=O) groups excluding carboxylic acids is 1. The molecule has 2 bridgehead atoms. The van der Waals surface area contributed by atoms with Gasteiger partial charge in [-0.1, -0.05) is 40.5 Å². The molecule has 0 heterocycles. The summed E-state index contributed by atoms with van der Waals surface area (Å²) in [5.74, 6) is 1.70. The van der Waals surface area contributed by atoms with E-state index in [-0.39, 0.29) is 29.3 Å². The van der Waals surface area contributed by atoms with Gasteiger partial charge < -0.3 is 14.9 Å². The van der Waals surface area contributed by atoms with Gasteiger partial charge in [0.15, 0.2) is 0 Å². The second-order valence-corrected chi connectivity index (χ2v) is 12.2. The number of fused-ring (bicyclic) bond motifs is 2. The molecule has 4 rings (SSSR count). The maximum atomic E-state index is 12.4. The molecule has 0 saturated heterocycles. The van der Waals surface area contributed by atoms with Crippen molar-refractivity contribution in [2.45, 2.75) is 104 Å². The first-order valence-electron chi connectivity index (χ1n) is 12.6. The Kier molecular flexibility index (Phi) is 5.84. The van der Waals surface area contributed by atoms with Crippen LogP contribution >= 0.6 is 0 Å². The van der Waals surface area contributed by atoms with Gasteiger partial charge in [0.2, 0.25) is 0 Å². The monoisotopic (exact) mass is 420 g/mol. The van der Waals surface area contributed by atoms with Gasteiger partial charge in [0, 0.05) is 11.8 Å². The van der Waals surface area contributed by atoms with Crippen molar-refractivity contribution in [3.05, 3.63) is 0 Å². The van der Waals surface area contributed by atoms with Crippen LogP contribution in [0.3, 0.4) is 0 Å². The highest BCUT2D eigenvalue weighted by atomic mass is 16.5. The van der Waals surface area contributed by atoms with Crippen LogP contribution in [0.25, 0.3) is 0 Å². The smallest absolute Gasteiger partial charge is 0.306 e. The Balaban J connectivity index is 1.54. The van der Waals surface area contributed by atoms with Gasteiger partial charge in [-0.25, -0.2) is 0 Å². The summed E-state index contributed by atoms with van der Waals surface area (Å²) in [6.07, 6.45) is 11.6. The Bertz CT molecular complexity index is 663. The van der Waals surface area contributed by atoms with Crippen molar-refractivity contribution < 1.29 is 19.7 Å². The fourth-order valence-corrected chi connectivity index (χ4v) is 8.76. The van der Waals surface area contributed by atoms with E-state index in [0.29, 0.717) is 36.2 Å². The molecule has 8 unspecified atom stereocenters. The number of esters is 1. The molecule has 0 aliphatic heterocycles. The van der Waals surface area contributed by atoms with Gasteiger partial charge in [0.25, 0.3) is 0 Å². The van der Waals surface area contributed by atoms with E-state index in [1.165, 1.54) is 19.3 Å². The first-order valence-corrected chi connectivity index (χ1v) is 12.6. The summed E-state index contributed by atoms with van der Waals surface area (Å²) in [5, 5.41) is 21.1. The molecule has 4 aliphatic rings. The highest BCUT2D eigenvalue weighted by Gasteiger charge is 2.69. The Hall–Kier alpha value is -0.610. The highest BCUT2D eigenvalue weighted by Crippen LogP contribution is 2.75. The summed E-state index contributed by atoms with van der Waals surface area (Å²) in [6.45, 7) is 9.63. The largest absolute Gasteiger partial charge is 0.465 e. The lowest BCUT2D eigenvalue weighted by atomic mass is 9.38. The third-order valence-corrected chi connectivity index (χ3v) is 10.7. The van der Waals surface area contributed by atoms with Gasteiger partial charge >= 0.3 is 5.97 Å². The fraction of sp³-hybridized carbons (Fsp3) is 0.962. The number of carbonyl (C=O) groups is 1. The van der Waals surface area contributed by atoms with Gasteiger partial charge in [-0.2, -0.15) is 0 Å². The van der Waals surface area contributed by atoms with E-state index in [1.807, 2.05) is 0 Å². The number of ether oxygens (including phenoxy) is 1. The Morgan fingerprint density at radius 1 is 1.10 bits per heavy atom. The topological polar surface area (TPSA) is 66.8 Å². The first kappa shape index (κ1) is 22.6. The maximum absolute atomic E-state index is 12.4. The molecule has 0 radical (unpaired) electrons. The molecule has 4 saturated carbocycles. The van der Waals surface area contributed by atoms with Crippen LogP contribution in [0.5, 0.6) is 0 Å². The first-order chi connectivity index (χ1) is 14.1. The van der Waals surface area contributed by atoms with Crippen molar-refractivity contribution in [3.8, 4) is 0 Å². The van der Waals surface area contributed by atoms with Crippen LogP contribution in [0.2, 0.25) is 0 Å². The summed E-state index contributed by atoms with van der Waals surface area (Å²) in [6, 6.07) is 0. The molecule has 0 aromatic heterocycles. The van der Waals surface area contributed by atoms with Crippen molar-refractivity contribution in [2.75, 3.05) is 13.2 Å². The van der Waals surface area contributed by atoms with Crippen molar-refractivity contribution in [2.24, 2.45) is 39.9 Å². The number of hydrogen-bond acceptors (Lipinski definition) is 4. The van der Waals surface area contributed by atoms with Crippen LogP contribution < -0.4 is 0 Å². The summed E-state index contributed by atoms with van der Waals surface area (Å²) >= 11 is 0. The zero-order valence-corrected chi connectivity index (χ0v) is 19.7. The van der Waals surface area contributed by atoms with E-state index in [1.54, 1.807) is 0 Å². The van der Waals surface area contributed by atoms with Crippen LogP contribution in [-0.4, -0.2) is 35.0 Å². The van der Waals surface area contributed by atoms with Crippen LogP contribution in [0.15, 0.2) is 0 Å². The summed E-state index contributed by atoms with van der Waals surface area (Å²) < 4.78 is 5.90. The van der Waals surface area contributed by atoms with Crippen molar-refractivity contribution in [3.63, 3.8) is 0 Å². The molecule has 4 aliphatic carbocycles. The van der Waals surface area contributed by atoms with Crippen LogP contribution in [0.1, 0.15) is 98.3 Å². The number of hydrogen-bond donors (Lipinski definition) is 2. The molecule has 4 nitrogen and oxygen atoms in total. The predicted molar refractivity (Wildman–Crippen MR) is 118 cm³/mol. The number of aliphatic hydroxyl groups excluding tert-OH is 1. The minimum absolute atomic E-state index is 0.0312. The minimum atomic E-state index is -0.864. The van der Waals surface area contributed by atoms with Gasteiger partial charge in [0.1, 0.15) is 0 Å². The molecule has 172 valence electrons. The summed E-state index contributed by atoms with van der Waals surface area (Å²) in [5.41, 5.74) is -0.264. The molecular weight excluding hydrogens is 376 g/mol. The fourth-order valence-electron chi connectivity index (χ4n) is 8.76. The number of rotatable bonds is 6. The average molecular weight is 421 g/mol. The van der Waals surface area contributed by atoms with E-state index in [9.17, 15) is 15.0 Å². The Labute approximate surface area is 183 Å². The summed E-state index contributed by atoms with van der Waals surface area (Å²) in [7, 11) is 0. The molecule has 30 heavy (non-hydrogen) atoms. The third kappa shape index (κ3) is 3.27. The van der Waals surface area contributed by atoms with Gasteiger partial charge in [-0.15, -0.1) is 0 Å². The van der Waals surface area contributed by atoms with Crippen molar-refractivity contribution in [1.82, 2.24) is 0 Å². The van der Waals surface area contributed by atoms with Crippen LogP contribution in [-0.2, 0) is 9.53 Å². The van der Waals surface area contributed by atoms with E-state index in [2.05, 4.69) is 27.7 Å². The quantitative estimate of drug-likeness (QED) is 0.587. The van der Waals surface area contributed by atoms with Gasteiger partial charge in [0.05, 0.1) is 18.8 Å². The van der Waals surface area contributed by atoms with E-state index in [0.717, 1.165) is 44.9 Å². The molecule has 0 amide bonds. The van der Waals surface area contributed by atoms with Crippen molar-refractivity contribution >= 4 is 5.97 Å². The minimum Gasteiger partial charge on any atom is -0.465 e. The Morgan fingerprint density at radius 2 is 1.87 bits per heavy atom. The molecule has 4 fully saturated rings. The molecular formula is C26H44O4. The van der Waals surface area contributed by atoms with E-state index < -0.39 is 5.60 Å². The molecule has 0 aromatic carbocycles. The predicted octanol–water partition coefficient (Wildman–Crippen LogP) is 5.10.